The van der Waals surface area contributed by atoms with Crippen molar-refractivity contribution in [2.24, 2.45) is 5.92 Å². The van der Waals surface area contributed by atoms with Gasteiger partial charge in [0.1, 0.15) is 5.76 Å². The fourth-order valence-corrected chi connectivity index (χ4v) is 2.73. The maximum Gasteiger partial charge on any atom is 0.315 e. The molecule has 2 heterocycles. The van der Waals surface area contributed by atoms with Crippen LogP contribution in [0.4, 0.5) is 4.79 Å². The minimum atomic E-state index is -0.890. The monoisotopic (exact) mass is 323 g/mol. The zero-order chi connectivity index (χ0) is 16.8. The summed E-state index contributed by atoms with van der Waals surface area (Å²) in [5, 5.41) is 14.2. The van der Waals surface area contributed by atoms with Crippen LogP contribution in [0.15, 0.2) is 22.8 Å². The Hall–Kier alpha value is -2.51. The third-order valence-electron chi connectivity index (χ3n) is 4.03. The van der Waals surface area contributed by atoms with Crippen LogP contribution in [0.1, 0.15) is 25.5 Å². The smallest absolute Gasteiger partial charge is 0.315 e. The normalized spacial score (nSPS) is 20.8. The molecule has 1 aliphatic rings. The molecule has 1 fully saturated rings. The minimum Gasteiger partial charge on any atom is -0.481 e. The second-order valence-electron chi connectivity index (χ2n) is 5.53. The minimum absolute atomic E-state index is 0.166. The molecule has 0 aromatic carbocycles. The third kappa shape index (κ3) is 4.48. The van der Waals surface area contributed by atoms with Crippen molar-refractivity contribution in [1.82, 2.24) is 15.5 Å². The van der Waals surface area contributed by atoms with E-state index in [0.29, 0.717) is 25.1 Å². The van der Waals surface area contributed by atoms with Crippen molar-refractivity contribution < 1.29 is 23.9 Å². The molecule has 3 N–H and O–H groups in total. The number of carbonyl (C=O) groups excluding carboxylic acids is 2. The van der Waals surface area contributed by atoms with Crippen LogP contribution >= 0.6 is 0 Å². The number of furan rings is 1. The SMILES string of the molecule is C[C@@H]1[C@H](C(=O)O)CCCN1C(=O)CNC(=O)NCc1ccco1. The Labute approximate surface area is 133 Å². The molecule has 0 spiro atoms. The molecule has 8 nitrogen and oxygen atoms in total. The summed E-state index contributed by atoms with van der Waals surface area (Å²) in [6.45, 7) is 2.31. The summed E-state index contributed by atoms with van der Waals surface area (Å²) in [5.41, 5.74) is 0. The quantitative estimate of drug-likeness (QED) is 0.742. The Morgan fingerprint density at radius 2 is 2.17 bits per heavy atom. The molecule has 1 aliphatic heterocycles. The molecule has 1 aromatic heterocycles. The molecule has 0 radical (unpaired) electrons. The summed E-state index contributed by atoms with van der Waals surface area (Å²) >= 11 is 0. The second-order valence-corrected chi connectivity index (χ2v) is 5.53. The Bertz CT molecular complexity index is 557. The number of carbonyl (C=O) groups is 3. The second kappa shape index (κ2) is 7.66. The number of piperidine rings is 1. The van der Waals surface area contributed by atoms with Crippen LogP contribution in [-0.2, 0) is 16.1 Å². The van der Waals surface area contributed by atoms with Gasteiger partial charge in [-0.3, -0.25) is 9.59 Å². The molecular formula is C15H21N3O5. The van der Waals surface area contributed by atoms with Crippen molar-refractivity contribution in [3.05, 3.63) is 24.2 Å². The molecule has 1 aromatic rings. The fourth-order valence-electron chi connectivity index (χ4n) is 2.73. The van der Waals surface area contributed by atoms with Crippen LogP contribution in [0.5, 0.6) is 0 Å². The first-order valence-electron chi connectivity index (χ1n) is 7.55. The van der Waals surface area contributed by atoms with Crippen LogP contribution in [-0.4, -0.2) is 47.0 Å². The van der Waals surface area contributed by atoms with Gasteiger partial charge in [-0.25, -0.2) is 4.79 Å². The summed E-state index contributed by atoms with van der Waals surface area (Å²) < 4.78 is 5.08. The first kappa shape index (κ1) is 16.9. The van der Waals surface area contributed by atoms with Gasteiger partial charge < -0.3 is 25.1 Å². The molecule has 0 unspecified atom stereocenters. The standard InChI is InChI=1S/C15H21N3O5/c1-10-12(14(20)21)5-2-6-18(10)13(19)9-17-15(22)16-8-11-4-3-7-23-11/h3-4,7,10,12H,2,5-6,8-9H2,1H3,(H,20,21)(H2,16,17,22)/t10-,12-/m1/s1. The summed E-state index contributed by atoms with van der Waals surface area (Å²) in [4.78, 5) is 36.5. The number of nitrogens with zero attached hydrogens (tertiary/aromatic N) is 1. The maximum atomic E-state index is 12.2. The Morgan fingerprint density at radius 1 is 1.39 bits per heavy atom. The molecule has 8 heteroatoms. The Balaban J connectivity index is 1.77. The van der Waals surface area contributed by atoms with Gasteiger partial charge in [-0.05, 0) is 31.9 Å². The van der Waals surface area contributed by atoms with Crippen molar-refractivity contribution >= 4 is 17.9 Å². The highest BCUT2D eigenvalue weighted by Crippen LogP contribution is 2.23. The van der Waals surface area contributed by atoms with Gasteiger partial charge >= 0.3 is 12.0 Å². The van der Waals surface area contributed by atoms with E-state index in [2.05, 4.69) is 10.6 Å². The van der Waals surface area contributed by atoms with Crippen LogP contribution in [0, 0.1) is 5.92 Å². The number of hydrogen-bond donors (Lipinski definition) is 3. The molecule has 3 amide bonds. The maximum absolute atomic E-state index is 12.2. The van der Waals surface area contributed by atoms with Crippen LogP contribution in [0.25, 0.3) is 0 Å². The molecule has 23 heavy (non-hydrogen) atoms. The number of rotatable bonds is 5. The van der Waals surface area contributed by atoms with Crippen molar-refractivity contribution in [3.63, 3.8) is 0 Å². The molecule has 2 atom stereocenters. The van der Waals surface area contributed by atoms with Gasteiger partial charge in [0, 0.05) is 12.6 Å². The number of carboxylic acids is 1. The van der Waals surface area contributed by atoms with Gasteiger partial charge in [0.05, 0.1) is 25.3 Å². The number of aliphatic carboxylic acids is 1. The van der Waals surface area contributed by atoms with E-state index in [1.54, 1.807) is 19.1 Å². The molecule has 0 saturated carbocycles. The van der Waals surface area contributed by atoms with Gasteiger partial charge in [-0.2, -0.15) is 0 Å². The highest BCUT2D eigenvalue weighted by Gasteiger charge is 2.35. The molecule has 0 aliphatic carbocycles. The number of likely N-dealkylation sites (tertiary alicyclic amines) is 1. The van der Waals surface area contributed by atoms with Gasteiger partial charge in [0.15, 0.2) is 0 Å². The van der Waals surface area contributed by atoms with Gasteiger partial charge in [-0.1, -0.05) is 0 Å². The van der Waals surface area contributed by atoms with E-state index in [1.807, 2.05) is 0 Å². The largest absolute Gasteiger partial charge is 0.481 e. The summed E-state index contributed by atoms with van der Waals surface area (Å²) in [6.07, 6.45) is 2.73. The van der Waals surface area contributed by atoms with E-state index in [9.17, 15) is 14.4 Å². The van der Waals surface area contributed by atoms with Crippen molar-refractivity contribution in [2.75, 3.05) is 13.1 Å². The topological polar surface area (TPSA) is 112 Å². The van der Waals surface area contributed by atoms with Crippen molar-refractivity contribution in [2.45, 2.75) is 32.4 Å². The summed E-state index contributed by atoms with van der Waals surface area (Å²) in [7, 11) is 0. The fraction of sp³-hybridized carbons (Fsp3) is 0.533. The molecule has 2 rings (SSSR count). The first-order valence-corrected chi connectivity index (χ1v) is 7.55. The number of urea groups is 1. The predicted molar refractivity (Wildman–Crippen MR) is 80.5 cm³/mol. The number of carboxylic acid groups (broad SMARTS) is 1. The van der Waals surface area contributed by atoms with E-state index in [-0.39, 0.29) is 25.0 Å². The highest BCUT2D eigenvalue weighted by molar-refractivity contribution is 5.84. The van der Waals surface area contributed by atoms with Crippen LogP contribution in [0.2, 0.25) is 0 Å². The van der Waals surface area contributed by atoms with Gasteiger partial charge in [0.2, 0.25) is 5.91 Å². The van der Waals surface area contributed by atoms with Crippen molar-refractivity contribution in [1.29, 1.82) is 0 Å². The van der Waals surface area contributed by atoms with Gasteiger partial charge in [0.25, 0.3) is 0 Å². The Morgan fingerprint density at radius 3 is 2.83 bits per heavy atom. The van der Waals surface area contributed by atoms with E-state index < -0.39 is 17.9 Å². The van der Waals surface area contributed by atoms with E-state index >= 15 is 0 Å². The predicted octanol–water partition coefficient (Wildman–Crippen LogP) is 0.791. The average Bonchev–Trinajstić information content (AvgIpc) is 3.04. The molecular weight excluding hydrogens is 302 g/mol. The molecule has 126 valence electrons. The van der Waals surface area contributed by atoms with Gasteiger partial charge in [-0.15, -0.1) is 0 Å². The van der Waals surface area contributed by atoms with Crippen LogP contribution in [0.3, 0.4) is 0 Å². The molecule has 0 bridgehead atoms. The summed E-state index contributed by atoms with van der Waals surface area (Å²) in [6, 6.07) is 2.60. The number of nitrogens with one attached hydrogen (secondary N) is 2. The lowest BCUT2D eigenvalue weighted by Crippen LogP contribution is -2.52. The summed E-state index contributed by atoms with van der Waals surface area (Å²) in [5.74, 6) is -1.11. The highest BCUT2D eigenvalue weighted by atomic mass is 16.4. The van der Waals surface area contributed by atoms with E-state index in [1.165, 1.54) is 11.2 Å². The lowest BCUT2D eigenvalue weighted by molar-refractivity contribution is -0.148. The van der Waals surface area contributed by atoms with E-state index in [4.69, 9.17) is 9.52 Å². The average molecular weight is 323 g/mol. The number of hydrogen-bond acceptors (Lipinski definition) is 4. The zero-order valence-corrected chi connectivity index (χ0v) is 12.9. The first-order chi connectivity index (χ1) is 11.0. The van der Waals surface area contributed by atoms with E-state index in [0.717, 1.165) is 0 Å². The van der Waals surface area contributed by atoms with Crippen molar-refractivity contribution in [3.8, 4) is 0 Å². The number of amides is 3. The third-order valence-corrected chi connectivity index (χ3v) is 4.03. The molecule has 1 saturated heterocycles. The lowest BCUT2D eigenvalue weighted by atomic mass is 9.90. The Kier molecular flexibility index (Phi) is 5.61. The van der Waals surface area contributed by atoms with Crippen LogP contribution < -0.4 is 10.6 Å². The zero-order valence-electron chi connectivity index (χ0n) is 12.9. The lowest BCUT2D eigenvalue weighted by Gasteiger charge is -2.37.